The van der Waals surface area contributed by atoms with Gasteiger partial charge in [-0.1, -0.05) is 37.0 Å². The monoisotopic (exact) mass is 390 g/mol. The highest BCUT2D eigenvalue weighted by molar-refractivity contribution is 6.06. The SMILES string of the molecule is Cc1cccc(C(=O)Nc2cc(C(F)(F)F)ccc2N(C)C2CCCCC2)c1. The van der Waals surface area contributed by atoms with Crippen molar-refractivity contribution >= 4 is 17.3 Å². The zero-order valence-corrected chi connectivity index (χ0v) is 16.1. The second-order valence-electron chi connectivity index (χ2n) is 7.46. The average molecular weight is 390 g/mol. The molecule has 1 aliphatic rings. The molecule has 1 amide bonds. The van der Waals surface area contributed by atoms with Crippen LogP contribution in [0.1, 0.15) is 53.6 Å². The van der Waals surface area contributed by atoms with Gasteiger partial charge in [-0.25, -0.2) is 0 Å². The molecule has 0 radical (unpaired) electrons. The highest BCUT2D eigenvalue weighted by Gasteiger charge is 2.32. The lowest BCUT2D eigenvalue weighted by Gasteiger charge is -2.34. The van der Waals surface area contributed by atoms with Gasteiger partial charge in [-0.2, -0.15) is 13.2 Å². The van der Waals surface area contributed by atoms with Crippen LogP contribution in [0.25, 0.3) is 0 Å². The van der Waals surface area contributed by atoms with Crippen LogP contribution in [-0.2, 0) is 6.18 Å². The molecule has 0 heterocycles. The number of amides is 1. The second kappa shape index (κ2) is 8.25. The first-order chi connectivity index (χ1) is 13.3. The van der Waals surface area contributed by atoms with Crippen molar-refractivity contribution < 1.29 is 18.0 Å². The van der Waals surface area contributed by atoms with Crippen molar-refractivity contribution in [2.45, 2.75) is 51.2 Å². The zero-order valence-electron chi connectivity index (χ0n) is 16.1. The lowest BCUT2D eigenvalue weighted by molar-refractivity contribution is -0.137. The van der Waals surface area contributed by atoms with Gasteiger partial charge in [-0.3, -0.25) is 4.79 Å². The lowest BCUT2D eigenvalue weighted by Crippen LogP contribution is -2.34. The van der Waals surface area contributed by atoms with E-state index in [1.54, 1.807) is 18.2 Å². The fourth-order valence-corrected chi connectivity index (χ4v) is 3.77. The standard InChI is InChI=1S/C22H25F3N2O/c1-15-7-6-8-16(13-15)21(28)26-19-14-17(22(23,24)25)11-12-20(19)27(2)18-9-4-3-5-10-18/h6-8,11-14,18H,3-5,9-10H2,1-2H3,(H,26,28). The van der Waals surface area contributed by atoms with Crippen molar-refractivity contribution in [3.05, 3.63) is 59.2 Å². The number of carbonyl (C=O) groups excluding carboxylic acids is 1. The Morgan fingerprint density at radius 2 is 1.79 bits per heavy atom. The molecular weight excluding hydrogens is 365 g/mol. The van der Waals surface area contributed by atoms with Gasteiger partial charge in [0.15, 0.2) is 0 Å². The number of rotatable bonds is 4. The number of hydrogen-bond acceptors (Lipinski definition) is 2. The molecule has 28 heavy (non-hydrogen) atoms. The van der Waals surface area contributed by atoms with Gasteiger partial charge in [0.25, 0.3) is 5.91 Å². The lowest BCUT2D eigenvalue weighted by atomic mass is 9.94. The van der Waals surface area contributed by atoms with E-state index in [2.05, 4.69) is 5.32 Å². The van der Waals surface area contributed by atoms with Crippen LogP contribution in [0.3, 0.4) is 0 Å². The van der Waals surface area contributed by atoms with Crippen LogP contribution in [0.5, 0.6) is 0 Å². The van der Waals surface area contributed by atoms with E-state index in [0.29, 0.717) is 11.3 Å². The van der Waals surface area contributed by atoms with Gasteiger partial charge in [0.1, 0.15) is 0 Å². The molecular formula is C22H25F3N2O. The molecule has 0 atom stereocenters. The first kappa shape index (κ1) is 20.2. The number of halogens is 3. The summed E-state index contributed by atoms with van der Waals surface area (Å²) in [4.78, 5) is 14.7. The number of hydrogen-bond donors (Lipinski definition) is 1. The summed E-state index contributed by atoms with van der Waals surface area (Å²) in [6, 6.07) is 10.8. The van der Waals surface area contributed by atoms with Crippen molar-refractivity contribution in [3.8, 4) is 0 Å². The first-order valence-electron chi connectivity index (χ1n) is 9.58. The van der Waals surface area contributed by atoms with Crippen LogP contribution in [0.4, 0.5) is 24.5 Å². The Labute approximate surface area is 163 Å². The molecule has 1 N–H and O–H groups in total. The molecule has 150 valence electrons. The van der Waals surface area contributed by atoms with E-state index in [0.717, 1.165) is 43.4 Å². The normalized spacial score (nSPS) is 15.3. The summed E-state index contributed by atoms with van der Waals surface area (Å²) >= 11 is 0. The highest BCUT2D eigenvalue weighted by atomic mass is 19.4. The van der Waals surface area contributed by atoms with E-state index in [1.165, 1.54) is 12.5 Å². The third-order valence-electron chi connectivity index (χ3n) is 5.35. The maximum Gasteiger partial charge on any atom is 0.416 e. The second-order valence-corrected chi connectivity index (χ2v) is 7.46. The molecule has 1 fully saturated rings. The molecule has 0 aromatic heterocycles. The van der Waals surface area contributed by atoms with Crippen LogP contribution in [0, 0.1) is 6.92 Å². The van der Waals surface area contributed by atoms with Crippen molar-refractivity contribution in [1.82, 2.24) is 0 Å². The Balaban J connectivity index is 1.94. The Morgan fingerprint density at radius 3 is 2.43 bits per heavy atom. The quantitative estimate of drug-likeness (QED) is 0.691. The Bertz CT molecular complexity index is 842. The van der Waals surface area contributed by atoms with Crippen LogP contribution in [0.2, 0.25) is 0 Å². The van der Waals surface area contributed by atoms with E-state index in [4.69, 9.17) is 0 Å². The number of anilines is 2. The number of alkyl halides is 3. The van der Waals surface area contributed by atoms with Crippen molar-refractivity contribution in [1.29, 1.82) is 0 Å². The summed E-state index contributed by atoms with van der Waals surface area (Å²) in [6.07, 6.45) is 0.950. The summed E-state index contributed by atoms with van der Waals surface area (Å²) < 4.78 is 39.7. The number of nitrogens with one attached hydrogen (secondary N) is 1. The van der Waals surface area contributed by atoms with Crippen molar-refractivity contribution in [3.63, 3.8) is 0 Å². The molecule has 0 unspecified atom stereocenters. The van der Waals surface area contributed by atoms with Gasteiger partial charge in [-0.05, 0) is 50.1 Å². The highest BCUT2D eigenvalue weighted by Crippen LogP contribution is 2.37. The molecule has 0 saturated heterocycles. The molecule has 3 rings (SSSR count). The Kier molecular flexibility index (Phi) is 5.96. The van der Waals surface area contributed by atoms with Gasteiger partial charge in [0, 0.05) is 18.7 Å². The minimum Gasteiger partial charge on any atom is -0.370 e. The number of nitrogens with zero attached hydrogens (tertiary/aromatic N) is 1. The molecule has 1 aliphatic carbocycles. The fourth-order valence-electron chi connectivity index (χ4n) is 3.77. The largest absolute Gasteiger partial charge is 0.416 e. The van der Waals surface area contributed by atoms with Crippen LogP contribution < -0.4 is 10.2 Å². The van der Waals surface area contributed by atoms with Gasteiger partial charge in [0.05, 0.1) is 16.9 Å². The molecule has 6 heteroatoms. The molecule has 3 nitrogen and oxygen atoms in total. The number of benzene rings is 2. The Morgan fingerprint density at radius 1 is 1.07 bits per heavy atom. The van der Waals surface area contributed by atoms with Gasteiger partial charge in [-0.15, -0.1) is 0 Å². The average Bonchev–Trinajstić information content (AvgIpc) is 2.67. The first-order valence-corrected chi connectivity index (χ1v) is 9.58. The van der Waals surface area contributed by atoms with Crippen LogP contribution >= 0.6 is 0 Å². The van der Waals surface area contributed by atoms with Gasteiger partial charge in [0.2, 0.25) is 0 Å². The molecule has 2 aromatic carbocycles. The maximum atomic E-state index is 13.2. The predicted molar refractivity (Wildman–Crippen MR) is 106 cm³/mol. The Hall–Kier alpha value is -2.50. The van der Waals surface area contributed by atoms with E-state index >= 15 is 0 Å². The fraction of sp³-hybridized carbons (Fsp3) is 0.409. The molecule has 2 aromatic rings. The van der Waals surface area contributed by atoms with Crippen molar-refractivity contribution in [2.75, 3.05) is 17.3 Å². The smallest absolute Gasteiger partial charge is 0.370 e. The van der Waals surface area contributed by atoms with E-state index in [9.17, 15) is 18.0 Å². The van der Waals surface area contributed by atoms with Crippen LogP contribution in [0.15, 0.2) is 42.5 Å². The summed E-state index contributed by atoms with van der Waals surface area (Å²) in [7, 11) is 1.89. The minimum atomic E-state index is -4.47. The third kappa shape index (κ3) is 4.66. The summed E-state index contributed by atoms with van der Waals surface area (Å²) in [6.45, 7) is 1.86. The molecule has 1 saturated carbocycles. The molecule has 0 aliphatic heterocycles. The van der Waals surface area contributed by atoms with E-state index in [1.807, 2.05) is 24.9 Å². The molecule has 0 bridgehead atoms. The third-order valence-corrected chi connectivity index (χ3v) is 5.35. The summed E-state index contributed by atoms with van der Waals surface area (Å²) in [5.41, 5.74) is 1.36. The zero-order chi connectivity index (χ0) is 20.3. The van der Waals surface area contributed by atoms with Crippen LogP contribution in [-0.4, -0.2) is 19.0 Å². The van der Waals surface area contributed by atoms with Crippen molar-refractivity contribution in [2.24, 2.45) is 0 Å². The predicted octanol–water partition coefficient (Wildman–Crippen LogP) is 6.04. The number of carbonyl (C=O) groups is 1. The minimum absolute atomic E-state index is 0.189. The van der Waals surface area contributed by atoms with E-state index in [-0.39, 0.29) is 11.7 Å². The number of aryl methyl sites for hydroxylation is 1. The summed E-state index contributed by atoms with van der Waals surface area (Å²) in [5.74, 6) is -0.415. The summed E-state index contributed by atoms with van der Waals surface area (Å²) in [5, 5.41) is 2.71. The topological polar surface area (TPSA) is 32.3 Å². The van der Waals surface area contributed by atoms with Gasteiger partial charge >= 0.3 is 6.18 Å². The molecule has 0 spiro atoms. The van der Waals surface area contributed by atoms with Gasteiger partial charge < -0.3 is 10.2 Å². The van der Waals surface area contributed by atoms with E-state index < -0.39 is 17.6 Å². The maximum absolute atomic E-state index is 13.2.